The lowest BCUT2D eigenvalue weighted by Gasteiger charge is -1.94. The first-order valence-electron chi connectivity index (χ1n) is 3.36. The molecule has 0 saturated carbocycles. The van der Waals surface area contributed by atoms with E-state index in [-0.39, 0.29) is 0 Å². The van der Waals surface area contributed by atoms with E-state index in [2.05, 4.69) is 30.5 Å². The van der Waals surface area contributed by atoms with Crippen LogP contribution in [0.2, 0.25) is 0 Å². The third-order valence-electron chi connectivity index (χ3n) is 1.47. The van der Waals surface area contributed by atoms with Gasteiger partial charge in [0.1, 0.15) is 0 Å². The lowest BCUT2D eigenvalue weighted by Crippen LogP contribution is -2.08. The van der Waals surface area contributed by atoms with Gasteiger partial charge in [0.05, 0.1) is 0 Å². The number of hydrogen-bond acceptors (Lipinski definition) is 1. The number of likely N-dealkylation sites (N-methyl/N-ethyl adjacent to an activating group) is 1. The Kier molecular flexibility index (Phi) is 2.06. The van der Waals surface area contributed by atoms with E-state index >= 15 is 0 Å². The van der Waals surface area contributed by atoms with Crippen LogP contribution in [0.1, 0.15) is 6.92 Å². The highest BCUT2D eigenvalue weighted by Gasteiger charge is 2.01. The molecule has 0 amide bonds. The molecule has 1 unspecified atom stereocenters. The zero-order chi connectivity index (χ0) is 6.69. The van der Waals surface area contributed by atoms with Gasteiger partial charge in [0.2, 0.25) is 0 Å². The lowest BCUT2D eigenvalue weighted by atomic mass is 10.2. The van der Waals surface area contributed by atoms with Gasteiger partial charge in [-0.3, -0.25) is 0 Å². The number of allylic oxidation sites excluding steroid dienone is 2. The quantitative estimate of drug-likeness (QED) is 0.584. The molecule has 0 bridgehead atoms. The van der Waals surface area contributed by atoms with Crippen molar-refractivity contribution < 1.29 is 0 Å². The summed E-state index contributed by atoms with van der Waals surface area (Å²) < 4.78 is 0. The summed E-state index contributed by atoms with van der Waals surface area (Å²) in [7, 11) is 1.97. The van der Waals surface area contributed by atoms with E-state index in [4.69, 9.17) is 0 Å². The van der Waals surface area contributed by atoms with Gasteiger partial charge in [-0.25, -0.2) is 0 Å². The van der Waals surface area contributed by atoms with Crippen LogP contribution in [0.25, 0.3) is 0 Å². The van der Waals surface area contributed by atoms with Gasteiger partial charge in [0, 0.05) is 6.54 Å². The maximum atomic E-state index is 3.11. The molecule has 0 radical (unpaired) electrons. The lowest BCUT2D eigenvalue weighted by molar-refractivity contribution is 0.885. The van der Waals surface area contributed by atoms with E-state index in [0.29, 0.717) is 5.92 Å². The van der Waals surface area contributed by atoms with Crippen molar-refractivity contribution in [1.29, 1.82) is 0 Å². The van der Waals surface area contributed by atoms with Crippen LogP contribution in [0.15, 0.2) is 23.8 Å². The molecule has 0 aliphatic heterocycles. The van der Waals surface area contributed by atoms with Gasteiger partial charge in [0.25, 0.3) is 0 Å². The van der Waals surface area contributed by atoms with Crippen molar-refractivity contribution >= 4 is 0 Å². The molecule has 0 spiro atoms. The predicted molar refractivity (Wildman–Crippen MR) is 40.3 cm³/mol. The molecule has 1 aliphatic carbocycles. The zero-order valence-electron chi connectivity index (χ0n) is 6.02. The fraction of sp³-hybridized carbons (Fsp3) is 0.500. The van der Waals surface area contributed by atoms with Gasteiger partial charge >= 0.3 is 0 Å². The van der Waals surface area contributed by atoms with Gasteiger partial charge in [-0.1, -0.05) is 25.2 Å². The summed E-state index contributed by atoms with van der Waals surface area (Å²) in [5.74, 6) is 0.647. The van der Waals surface area contributed by atoms with E-state index in [0.717, 1.165) is 6.54 Å². The molecule has 1 heteroatoms. The fourth-order valence-corrected chi connectivity index (χ4v) is 1.05. The highest BCUT2D eigenvalue weighted by atomic mass is 14.8. The molecule has 1 nitrogen and oxygen atoms in total. The summed E-state index contributed by atoms with van der Waals surface area (Å²) in [6.07, 6.45) is 6.67. The molecule has 9 heavy (non-hydrogen) atoms. The minimum absolute atomic E-state index is 0.647. The van der Waals surface area contributed by atoms with Crippen LogP contribution in [0.5, 0.6) is 0 Å². The third kappa shape index (κ3) is 1.68. The van der Waals surface area contributed by atoms with Crippen molar-refractivity contribution in [3.63, 3.8) is 0 Å². The van der Waals surface area contributed by atoms with Crippen LogP contribution in [-0.2, 0) is 0 Å². The zero-order valence-corrected chi connectivity index (χ0v) is 6.02. The second-order valence-electron chi connectivity index (χ2n) is 2.49. The molecule has 1 N–H and O–H groups in total. The van der Waals surface area contributed by atoms with Crippen LogP contribution >= 0.6 is 0 Å². The summed E-state index contributed by atoms with van der Waals surface area (Å²) >= 11 is 0. The van der Waals surface area contributed by atoms with Gasteiger partial charge in [-0.15, -0.1) is 0 Å². The summed E-state index contributed by atoms with van der Waals surface area (Å²) in [4.78, 5) is 0. The van der Waals surface area contributed by atoms with Crippen molar-refractivity contribution in [1.82, 2.24) is 5.32 Å². The Morgan fingerprint density at radius 3 is 2.89 bits per heavy atom. The standard InChI is InChI=1S/C8H13N/c1-7-3-4-8(5-7)6-9-2/h3-5,7,9H,6H2,1-2H3. The van der Waals surface area contributed by atoms with E-state index < -0.39 is 0 Å². The van der Waals surface area contributed by atoms with Crippen LogP contribution in [0.3, 0.4) is 0 Å². The molecular weight excluding hydrogens is 110 g/mol. The van der Waals surface area contributed by atoms with Gasteiger partial charge in [-0.05, 0) is 18.5 Å². The van der Waals surface area contributed by atoms with Crippen LogP contribution in [0, 0.1) is 5.92 Å². The molecule has 1 rings (SSSR count). The molecule has 0 heterocycles. The monoisotopic (exact) mass is 123 g/mol. The molecular formula is C8H13N. The van der Waals surface area contributed by atoms with Gasteiger partial charge < -0.3 is 5.32 Å². The topological polar surface area (TPSA) is 12.0 Å². The van der Waals surface area contributed by atoms with E-state index in [1.165, 1.54) is 5.57 Å². The molecule has 0 aromatic carbocycles. The van der Waals surface area contributed by atoms with Gasteiger partial charge in [0.15, 0.2) is 0 Å². The van der Waals surface area contributed by atoms with Crippen molar-refractivity contribution in [2.75, 3.05) is 13.6 Å². The highest BCUT2D eigenvalue weighted by Crippen LogP contribution is 2.13. The summed E-state index contributed by atoms with van der Waals surface area (Å²) in [6, 6.07) is 0. The average molecular weight is 123 g/mol. The molecule has 0 aromatic rings. The largest absolute Gasteiger partial charge is 0.316 e. The van der Waals surface area contributed by atoms with Crippen LogP contribution < -0.4 is 5.32 Å². The van der Waals surface area contributed by atoms with E-state index in [9.17, 15) is 0 Å². The van der Waals surface area contributed by atoms with E-state index in [1.54, 1.807) is 0 Å². The maximum absolute atomic E-state index is 3.11. The molecule has 50 valence electrons. The smallest absolute Gasteiger partial charge is 0.0199 e. The Morgan fingerprint density at radius 1 is 1.67 bits per heavy atom. The number of rotatable bonds is 2. The molecule has 0 saturated heterocycles. The summed E-state index contributed by atoms with van der Waals surface area (Å²) in [5, 5.41) is 3.11. The third-order valence-corrected chi connectivity index (χ3v) is 1.47. The SMILES string of the molecule is CNCC1=CC(C)C=C1. The maximum Gasteiger partial charge on any atom is 0.0199 e. The Labute approximate surface area is 56.5 Å². The number of nitrogens with one attached hydrogen (secondary N) is 1. The van der Waals surface area contributed by atoms with E-state index in [1.807, 2.05) is 7.05 Å². The van der Waals surface area contributed by atoms with Crippen LogP contribution in [-0.4, -0.2) is 13.6 Å². The molecule has 0 fully saturated rings. The summed E-state index contributed by atoms with van der Waals surface area (Å²) in [5.41, 5.74) is 1.41. The number of hydrogen-bond donors (Lipinski definition) is 1. The van der Waals surface area contributed by atoms with Crippen LogP contribution in [0.4, 0.5) is 0 Å². The Bertz CT molecular complexity index is 145. The van der Waals surface area contributed by atoms with Gasteiger partial charge in [-0.2, -0.15) is 0 Å². The van der Waals surface area contributed by atoms with Crippen molar-refractivity contribution in [2.45, 2.75) is 6.92 Å². The highest BCUT2D eigenvalue weighted by molar-refractivity contribution is 5.29. The minimum atomic E-state index is 0.647. The predicted octanol–water partition coefficient (Wildman–Crippen LogP) is 1.34. The Hall–Kier alpha value is -0.560. The first-order chi connectivity index (χ1) is 4.33. The molecule has 0 aromatic heterocycles. The Morgan fingerprint density at radius 2 is 2.44 bits per heavy atom. The minimum Gasteiger partial charge on any atom is -0.316 e. The molecule has 1 atom stereocenters. The van der Waals surface area contributed by atoms with Crippen molar-refractivity contribution in [2.24, 2.45) is 5.92 Å². The summed E-state index contributed by atoms with van der Waals surface area (Å²) in [6.45, 7) is 3.19. The Balaban J connectivity index is 2.44. The second-order valence-corrected chi connectivity index (χ2v) is 2.49. The normalized spacial score (nSPS) is 24.7. The first-order valence-corrected chi connectivity index (χ1v) is 3.36. The molecule has 1 aliphatic rings. The van der Waals surface area contributed by atoms with Crippen molar-refractivity contribution in [3.8, 4) is 0 Å². The first kappa shape index (κ1) is 6.56. The average Bonchev–Trinajstić information content (AvgIpc) is 2.17. The van der Waals surface area contributed by atoms with Crippen molar-refractivity contribution in [3.05, 3.63) is 23.8 Å². The second kappa shape index (κ2) is 2.83. The fourth-order valence-electron chi connectivity index (χ4n) is 1.05.